The predicted molar refractivity (Wildman–Crippen MR) is 85.4 cm³/mol. The number of hydrogen-bond acceptors (Lipinski definition) is 5. The van der Waals surface area contributed by atoms with Gasteiger partial charge in [-0.1, -0.05) is 0 Å². The molecule has 1 aromatic heterocycles. The van der Waals surface area contributed by atoms with Gasteiger partial charge in [-0.25, -0.2) is 4.79 Å². The van der Waals surface area contributed by atoms with Crippen LogP contribution >= 0.6 is 0 Å². The number of nitrogens with one attached hydrogen (secondary N) is 1. The van der Waals surface area contributed by atoms with E-state index in [0.717, 1.165) is 30.5 Å². The third-order valence-electron chi connectivity index (χ3n) is 4.19. The summed E-state index contributed by atoms with van der Waals surface area (Å²) >= 11 is 0. The Morgan fingerprint density at radius 3 is 2.96 bits per heavy atom. The van der Waals surface area contributed by atoms with Crippen LogP contribution in [0.15, 0.2) is 21.9 Å². The summed E-state index contributed by atoms with van der Waals surface area (Å²) < 4.78 is 7.31. The Labute approximate surface area is 134 Å². The maximum absolute atomic E-state index is 12.0. The topological polar surface area (TPSA) is 85.6 Å². The van der Waals surface area contributed by atoms with Gasteiger partial charge in [0.15, 0.2) is 0 Å². The summed E-state index contributed by atoms with van der Waals surface area (Å²) in [5.41, 5.74) is -0.873. The molecule has 8 heteroatoms. The molecular formula is C15H24N4O4. The zero-order valence-corrected chi connectivity index (χ0v) is 13.7. The van der Waals surface area contributed by atoms with Gasteiger partial charge in [0, 0.05) is 45.6 Å². The lowest BCUT2D eigenvalue weighted by Gasteiger charge is -2.24. The molecule has 23 heavy (non-hydrogen) atoms. The Morgan fingerprint density at radius 1 is 1.43 bits per heavy atom. The van der Waals surface area contributed by atoms with E-state index in [1.807, 2.05) is 0 Å². The van der Waals surface area contributed by atoms with Crippen LogP contribution in [0.5, 0.6) is 0 Å². The van der Waals surface area contributed by atoms with E-state index in [0.29, 0.717) is 19.2 Å². The lowest BCUT2D eigenvalue weighted by atomic mass is 10.2. The van der Waals surface area contributed by atoms with E-state index in [2.05, 4.69) is 10.2 Å². The first-order valence-corrected chi connectivity index (χ1v) is 7.79. The van der Waals surface area contributed by atoms with E-state index in [1.165, 1.54) is 23.9 Å². The highest BCUT2D eigenvalue weighted by Crippen LogP contribution is 2.15. The molecule has 1 amide bonds. The van der Waals surface area contributed by atoms with E-state index in [-0.39, 0.29) is 18.0 Å². The van der Waals surface area contributed by atoms with Crippen LogP contribution in [0.1, 0.15) is 12.8 Å². The second kappa shape index (κ2) is 8.07. The number of carbonyl (C=O) groups is 1. The first-order valence-electron chi connectivity index (χ1n) is 7.79. The highest BCUT2D eigenvalue weighted by molar-refractivity contribution is 5.75. The molecule has 0 saturated carbocycles. The van der Waals surface area contributed by atoms with Crippen LogP contribution in [0.2, 0.25) is 0 Å². The van der Waals surface area contributed by atoms with E-state index in [9.17, 15) is 14.4 Å². The largest absolute Gasteiger partial charge is 0.383 e. The van der Waals surface area contributed by atoms with Crippen LogP contribution in [0.3, 0.4) is 0 Å². The van der Waals surface area contributed by atoms with Gasteiger partial charge >= 0.3 is 5.69 Å². The van der Waals surface area contributed by atoms with Gasteiger partial charge in [-0.15, -0.1) is 0 Å². The zero-order valence-electron chi connectivity index (χ0n) is 13.7. The quantitative estimate of drug-likeness (QED) is 0.679. The highest BCUT2D eigenvalue weighted by Gasteiger charge is 2.24. The fourth-order valence-electron chi connectivity index (χ4n) is 2.81. The van der Waals surface area contributed by atoms with Crippen LogP contribution in [0.25, 0.3) is 0 Å². The summed E-state index contributed by atoms with van der Waals surface area (Å²) in [5, 5.41) is 2.87. The van der Waals surface area contributed by atoms with E-state index in [1.54, 1.807) is 7.11 Å². The van der Waals surface area contributed by atoms with E-state index >= 15 is 0 Å². The van der Waals surface area contributed by atoms with Crippen LogP contribution in [0, 0.1) is 0 Å². The minimum atomic E-state index is -0.491. The number of aromatic nitrogens is 2. The second-order valence-electron chi connectivity index (χ2n) is 5.75. The van der Waals surface area contributed by atoms with Gasteiger partial charge in [-0.05, 0) is 19.4 Å². The number of amides is 1. The monoisotopic (exact) mass is 324 g/mol. The van der Waals surface area contributed by atoms with Gasteiger partial charge in [-0.2, -0.15) is 0 Å². The summed E-state index contributed by atoms with van der Waals surface area (Å²) in [6.45, 7) is 3.03. The van der Waals surface area contributed by atoms with Crippen LogP contribution < -0.4 is 16.6 Å². The minimum absolute atomic E-state index is 0.0856. The van der Waals surface area contributed by atoms with E-state index in [4.69, 9.17) is 4.74 Å². The molecular weight excluding hydrogens is 300 g/mol. The number of ether oxygens (including phenoxy) is 1. The van der Waals surface area contributed by atoms with Crippen molar-refractivity contribution in [1.82, 2.24) is 19.4 Å². The molecule has 1 unspecified atom stereocenters. The molecule has 0 radical (unpaired) electrons. The maximum Gasteiger partial charge on any atom is 0.331 e. The first-order chi connectivity index (χ1) is 11.0. The highest BCUT2D eigenvalue weighted by atomic mass is 16.5. The number of methoxy groups -OCH3 is 1. The molecule has 0 aromatic carbocycles. The van der Waals surface area contributed by atoms with Gasteiger partial charge in [0.25, 0.3) is 5.56 Å². The van der Waals surface area contributed by atoms with Crippen molar-refractivity contribution in [2.24, 2.45) is 7.05 Å². The third kappa shape index (κ3) is 4.52. The molecule has 8 nitrogen and oxygen atoms in total. The summed E-state index contributed by atoms with van der Waals surface area (Å²) in [7, 11) is 3.07. The first kappa shape index (κ1) is 17.4. The molecule has 128 valence electrons. The molecule has 1 atom stereocenters. The Bertz CT molecular complexity index is 652. The Hall–Kier alpha value is -1.93. The predicted octanol–water partition coefficient (Wildman–Crippen LogP) is -1.23. The number of carbonyl (C=O) groups excluding carboxylic acids is 1. The van der Waals surface area contributed by atoms with Crippen LogP contribution in [-0.4, -0.2) is 59.3 Å². The molecule has 1 aliphatic rings. The van der Waals surface area contributed by atoms with Crippen molar-refractivity contribution in [3.8, 4) is 0 Å². The molecule has 2 heterocycles. The molecule has 1 fully saturated rings. The summed E-state index contributed by atoms with van der Waals surface area (Å²) in [5.74, 6) is -0.232. The summed E-state index contributed by atoms with van der Waals surface area (Å²) in [6.07, 6.45) is 3.51. The number of rotatable bonds is 7. The van der Waals surface area contributed by atoms with Gasteiger partial charge < -0.3 is 10.1 Å². The number of hydrogen-bond donors (Lipinski definition) is 1. The fourth-order valence-corrected chi connectivity index (χ4v) is 2.81. The summed E-state index contributed by atoms with van der Waals surface area (Å²) in [6, 6.07) is 1.59. The van der Waals surface area contributed by atoms with Crippen molar-refractivity contribution in [3.63, 3.8) is 0 Å². The third-order valence-corrected chi connectivity index (χ3v) is 4.19. The molecule has 1 aromatic rings. The number of nitrogens with zero attached hydrogens (tertiary/aromatic N) is 3. The lowest BCUT2D eigenvalue weighted by molar-refractivity contribution is -0.121. The van der Waals surface area contributed by atoms with Gasteiger partial charge in [0.05, 0.1) is 6.61 Å². The summed E-state index contributed by atoms with van der Waals surface area (Å²) in [4.78, 5) is 37.6. The molecule has 1 saturated heterocycles. The zero-order chi connectivity index (χ0) is 16.8. The fraction of sp³-hybridized carbons (Fsp3) is 0.667. The number of likely N-dealkylation sites (tertiary alicyclic amines) is 1. The molecule has 1 aliphatic heterocycles. The molecule has 1 N–H and O–H groups in total. The Kier molecular flexibility index (Phi) is 6.12. The normalized spacial score (nSPS) is 18.3. The van der Waals surface area contributed by atoms with Gasteiger partial charge in [-0.3, -0.25) is 23.6 Å². The van der Waals surface area contributed by atoms with Crippen molar-refractivity contribution in [2.45, 2.75) is 25.4 Å². The molecule has 0 aliphatic carbocycles. The molecule has 2 rings (SSSR count). The van der Waals surface area contributed by atoms with Crippen molar-refractivity contribution in [2.75, 3.05) is 33.4 Å². The van der Waals surface area contributed by atoms with Crippen molar-refractivity contribution in [1.29, 1.82) is 0 Å². The average molecular weight is 324 g/mol. The lowest BCUT2D eigenvalue weighted by Crippen LogP contribution is -2.44. The van der Waals surface area contributed by atoms with Crippen LogP contribution in [0.4, 0.5) is 0 Å². The molecule has 0 bridgehead atoms. The smallest absolute Gasteiger partial charge is 0.331 e. The van der Waals surface area contributed by atoms with Crippen LogP contribution in [-0.2, 0) is 23.1 Å². The van der Waals surface area contributed by atoms with Crippen molar-refractivity contribution >= 4 is 5.91 Å². The van der Waals surface area contributed by atoms with Gasteiger partial charge in [0.2, 0.25) is 5.91 Å². The SMILES string of the molecule is COCCN1CCCC1CNC(=O)Cn1ccc(=O)n(C)c1=O. The minimum Gasteiger partial charge on any atom is -0.383 e. The van der Waals surface area contributed by atoms with E-state index < -0.39 is 5.69 Å². The van der Waals surface area contributed by atoms with Crippen molar-refractivity contribution in [3.05, 3.63) is 33.1 Å². The maximum atomic E-state index is 12.0. The van der Waals surface area contributed by atoms with Gasteiger partial charge in [0.1, 0.15) is 6.54 Å². The standard InChI is InChI=1S/C15H24N4O4/c1-17-14(21)5-7-19(15(17)22)11-13(20)16-10-12-4-3-6-18(12)8-9-23-2/h5,7,12H,3-4,6,8-11H2,1-2H3,(H,16,20). The Balaban J connectivity index is 1.87. The average Bonchev–Trinajstić information content (AvgIpc) is 2.99. The second-order valence-corrected chi connectivity index (χ2v) is 5.75. The Morgan fingerprint density at radius 2 is 2.22 bits per heavy atom. The van der Waals surface area contributed by atoms with Crippen molar-refractivity contribution < 1.29 is 9.53 Å². The molecule has 0 spiro atoms.